The summed E-state index contributed by atoms with van der Waals surface area (Å²) in [6.07, 6.45) is -1.07. The molecule has 2 aromatic carbocycles. The van der Waals surface area contributed by atoms with Crippen LogP contribution >= 0.6 is 0 Å². The summed E-state index contributed by atoms with van der Waals surface area (Å²) in [5.74, 6) is -0.974. The predicted octanol–water partition coefficient (Wildman–Crippen LogP) is 1.93. The lowest BCUT2D eigenvalue weighted by Crippen LogP contribution is -2.44. The van der Waals surface area contributed by atoms with Gasteiger partial charge in [-0.2, -0.15) is 0 Å². The minimum atomic E-state index is -1.07. The number of nitrogens with zero attached hydrogens (tertiary/aromatic N) is 1. The average Bonchev–Trinajstić information content (AvgIpc) is 2.72. The van der Waals surface area contributed by atoms with E-state index in [2.05, 4.69) is 5.32 Å². The van der Waals surface area contributed by atoms with Crippen LogP contribution in [0.1, 0.15) is 22.0 Å². The first-order valence-corrected chi connectivity index (χ1v) is 8.83. The van der Waals surface area contributed by atoms with Crippen molar-refractivity contribution in [3.8, 4) is 0 Å². The molecule has 0 radical (unpaired) electrons. The van der Waals surface area contributed by atoms with E-state index in [1.807, 2.05) is 6.07 Å². The predicted molar refractivity (Wildman–Crippen MR) is 102 cm³/mol. The van der Waals surface area contributed by atoms with Crippen LogP contribution in [0.5, 0.6) is 0 Å². The number of primary amides is 1. The number of nitrogens with two attached hydrogens (primary N) is 1. The Hall–Kier alpha value is -3.39. The van der Waals surface area contributed by atoms with Crippen LogP contribution in [0.2, 0.25) is 0 Å². The molecule has 0 aromatic heterocycles. The number of hydrogen-bond donors (Lipinski definition) is 2. The van der Waals surface area contributed by atoms with E-state index in [0.717, 1.165) is 0 Å². The molecule has 0 spiro atoms. The largest absolute Gasteiger partial charge is 0.444 e. The van der Waals surface area contributed by atoms with Crippen LogP contribution < -0.4 is 11.1 Å². The fraction of sp³-hybridized carbons (Fsp3) is 0.250. The van der Waals surface area contributed by atoms with E-state index < -0.39 is 18.1 Å². The van der Waals surface area contributed by atoms with Crippen LogP contribution in [0.25, 0.3) is 0 Å². The highest BCUT2D eigenvalue weighted by molar-refractivity contribution is 5.95. The highest BCUT2D eigenvalue weighted by atomic mass is 16.5. The summed E-state index contributed by atoms with van der Waals surface area (Å²) in [5, 5.41) is 2.40. The van der Waals surface area contributed by atoms with E-state index in [9.17, 15) is 14.4 Å². The summed E-state index contributed by atoms with van der Waals surface area (Å²) in [6.45, 7) is 1.78. The lowest BCUT2D eigenvalue weighted by Gasteiger charge is -2.30. The molecule has 1 fully saturated rings. The number of esters is 1. The van der Waals surface area contributed by atoms with Crippen molar-refractivity contribution in [3.05, 3.63) is 65.7 Å². The molecule has 1 heterocycles. The van der Waals surface area contributed by atoms with Gasteiger partial charge in [-0.3, -0.25) is 4.79 Å². The van der Waals surface area contributed by atoms with Gasteiger partial charge in [0.15, 0.2) is 0 Å². The summed E-state index contributed by atoms with van der Waals surface area (Å²) >= 11 is 0. The van der Waals surface area contributed by atoms with Crippen molar-refractivity contribution in [2.24, 2.45) is 5.73 Å². The zero-order valence-corrected chi connectivity index (χ0v) is 15.2. The lowest BCUT2D eigenvalue weighted by molar-refractivity contribution is -0.145. The van der Waals surface area contributed by atoms with Crippen LogP contribution in [0.4, 0.5) is 10.5 Å². The van der Waals surface area contributed by atoms with Crippen molar-refractivity contribution in [2.75, 3.05) is 31.6 Å². The molecule has 8 nitrogen and oxygen atoms in total. The van der Waals surface area contributed by atoms with Crippen molar-refractivity contribution >= 4 is 23.6 Å². The third-order valence-corrected chi connectivity index (χ3v) is 4.24. The molecule has 3 amide bonds. The van der Waals surface area contributed by atoms with Gasteiger partial charge in [-0.05, 0) is 18.2 Å². The van der Waals surface area contributed by atoms with E-state index in [1.165, 1.54) is 12.1 Å². The van der Waals surface area contributed by atoms with Gasteiger partial charge in [-0.1, -0.05) is 36.4 Å². The van der Waals surface area contributed by atoms with Crippen LogP contribution in [-0.4, -0.2) is 49.1 Å². The summed E-state index contributed by atoms with van der Waals surface area (Å²) in [5.41, 5.74) is 6.24. The molecular formula is C20H21N3O5. The number of carbonyl (C=O) groups excluding carboxylic acids is 3. The van der Waals surface area contributed by atoms with Crippen LogP contribution in [-0.2, 0) is 14.3 Å². The molecule has 0 bridgehead atoms. The van der Waals surface area contributed by atoms with Crippen molar-refractivity contribution in [2.45, 2.75) is 6.10 Å². The molecule has 1 aliphatic rings. The number of morpholine rings is 1. The SMILES string of the molecule is NC(=O)Nc1cccc(C(=O)O[C@@H](C(=O)N2CCOCC2)c2ccccc2)c1. The Morgan fingerprint density at radius 2 is 1.75 bits per heavy atom. The van der Waals surface area contributed by atoms with Crippen LogP contribution in [0, 0.1) is 0 Å². The Morgan fingerprint density at radius 1 is 1.04 bits per heavy atom. The van der Waals surface area contributed by atoms with Crippen molar-refractivity contribution in [1.82, 2.24) is 4.90 Å². The number of urea groups is 1. The Balaban J connectivity index is 1.82. The molecule has 8 heteroatoms. The van der Waals surface area contributed by atoms with Crippen LogP contribution in [0.3, 0.4) is 0 Å². The minimum absolute atomic E-state index is 0.196. The molecule has 0 saturated carbocycles. The maximum absolute atomic E-state index is 13.0. The first kappa shape index (κ1) is 19.4. The standard InChI is InChI=1S/C20H21N3O5/c21-20(26)22-16-8-4-7-15(13-16)19(25)28-17(14-5-2-1-3-6-14)18(24)23-9-11-27-12-10-23/h1-8,13,17H,9-12H2,(H3,21,22,26)/t17-/m1/s1. The minimum Gasteiger partial charge on any atom is -0.444 e. The topological polar surface area (TPSA) is 111 Å². The number of benzene rings is 2. The lowest BCUT2D eigenvalue weighted by atomic mass is 10.1. The monoisotopic (exact) mass is 383 g/mol. The molecule has 146 valence electrons. The zero-order chi connectivity index (χ0) is 19.9. The van der Waals surface area contributed by atoms with E-state index in [1.54, 1.807) is 41.3 Å². The number of ether oxygens (including phenoxy) is 2. The molecule has 0 unspecified atom stereocenters. The van der Waals surface area contributed by atoms with Gasteiger partial charge in [0.05, 0.1) is 18.8 Å². The Labute approximate surface area is 162 Å². The summed E-state index contributed by atoms with van der Waals surface area (Å²) in [6, 6.07) is 14.3. The van der Waals surface area contributed by atoms with E-state index >= 15 is 0 Å². The van der Waals surface area contributed by atoms with Gasteiger partial charge in [-0.25, -0.2) is 9.59 Å². The van der Waals surface area contributed by atoms with Crippen molar-refractivity contribution in [1.29, 1.82) is 0 Å². The highest BCUT2D eigenvalue weighted by Gasteiger charge is 2.30. The quantitative estimate of drug-likeness (QED) is 0.767. The number of rotatable bonds is 5. The molecule has 2 aromatic rings. The van der Waals surface area contributed by atoms with Crippen molar-refractivity contribution < 1.29 is 23.9 Å². The number of carbonyl (C=O) groups is 3. The van der Waals surface area contributed by atoms with E-state index in [0.29, 0.717) is 37.6 Å². The van der Waals surface area contributed by atoms with Gasteiger partial charge in [-0.15, -0.1) is 0 Å². The Bertz CT molecular complexity index is 850. The van der Waals surface area contributed by atoms with Gasteiger partial charge >= 0.3 is 12.0 Å². The first-order chi connectivity index (χ1) is 13.5. The molecule has 3 N–H and O–H groups in total. The van der Waals surface area contributed by atoms with E-state index in [-0.39, 0.29) is 11.5 Å². The Kier molecular flexibility index (Phi) is 6.23. The third-order valence-electron chi connectivity index (χ3n) is 4.24. The maximum Gasteiger partial charge on any atom is 0.339 e. The second kappa shape index (κ2) is 9.01. The number of nitrogens with one attached hydrogen (secondary N) is 1. The Morgan fingerprint density at radius 3 is 2.43 bits per heavy atom. The molecule has 1 aliphatic heterocycles. The molecule has 3 rings (SSSR count). The first-order valence-electron chi connectivity index (χ1n) is 8.83. The molecule has 1 atom stereocenters. The summed E-state index contributed by atoms with van der Waals surface area (Å²) in [4.78, 5) is 38.3. The second-order valence-electron chi connectivity index (χ2n) is 6.20. The maximum atomic E-state index is 13.0. The normalized spacial score (nSPS) is 14.8. The van der Waals surface area contributed by atoms with Crippen molar-refractivity contribution in [3.63, 3.8) is 0 Å². The van der Waals surface area contributed by atoms with Gasteiger partial charge in [0.1, 0.15) is 0 Å². The van der Waals surface area contributed by atoms with E-state index in [4.69, 9.17) is 15.2 Å². The molecule has 1 saturated heterocycles. The average molecular weight is 383 g/mol. The highest BCUT2D eigenvalue weighted by Crippen LogP contribution is 2.23. The zero-order valence-electron chi connectivity index (χ0n) is 15.2. The summed E-state index contributed by atoms with van der Waals surface area (Å²) < 4.78 is 10.9. The van der Waals surface area contributed by atoms with Gasteiger partial charge < -0.3 is 25.4 Å². The number of hydrogen-bond acceptors (Lipinski definition) is 5. The molecular weight excluding hydrogens is 362 g/mol. The second-order valence-corrected chi connectivity index (χ2v) is 6.20. The molecule has 28 heavy (non-hydrogen) atoms. The van der Waals surface area contributed by atoms with Gasteiger partial charge in [0, 0.05) is 24.3 Å². The number of anilines is 1. The van der Waals surface area contributed by atoms with Gasteiger partial charge in [0.25, 0.3) is 5.91 Å². The van der Waals surface area contributed by atoms with Gasteiger partial charge in [0.2, 0.25) is 6.10 Å². The number of amides is 3. The fourth-order valence-electron chi connectivity index (χ4n) is 2.88. The summed E-state index contributed by atoms with van der Waals surface area (Å²) in [7, 11) is 0. The third kappa shape index (κ3) is 4.86. The van der Waals surface area contributed by atoms with Crippen LogP contribution in [0.15, 0.2) is 54.6 Å². The molecule has 0 aliphatic carbocycles. The smallest absolute Gasteiger partial charge is 0.339 e. The fourth-order valence-corrected chi connectivity index (χ4v) is 2.88.